The summed E-state index contributed by atoms with van der Waals surface area (Å²) < 4.78 is 30.4. The molecule has 4 amide bonds. The average molecular weight is 1040 g/mol. The van der Waals surface area contributed by atoms with E-state index in [1.165, 1.54) is 17.0 Å². The molecule has 2 aromatic heterocycles. The number of anilines is 1. The molecule has 0 aliphatic carbocycles. The highest BCUT2D eigenvalue weighted by molar-refractivity contribution is 6.12. The van der Waals surface area contributed by atoms with Crippen LogP contribution in [-0.2, 0) is 45.2 Å². The van der Waals surface area contributed by atoms with Gasteiger partial charge in [0.15, 0.2) is 0 Å². The Morgan fingerprint density at radius 3 is 2.46 bits per heavy atom. The summed E-state index contributed by atoms with van der Waals surface area (Å²) in [5.41, 5.74) is 6.97. The van der Waals surface area contributed by atoms with Gasteiger partial charge in [0, 0.05) is 66.9 Å². The molecule has 18 heteroatoms. The SMILES string of the molecule is CC(C)c1c(C(=O)Nc2ccccc2)c(-c2cccc(OCCCc3cn(CCCCOCC#Cc4cccc5c4CN(C4CCC(=O)NC4=O)C5=O)nn3)c2)c(-c2ccc(F)cc2)n1CC[C@@H](O)C[C@@H](O)CC(=O)O. The number of carboxylic acid groups (broad SMARTS) is 1. The highest BCUT2D eigenvalue weighted by Gasteiger charge is 2.40. The highest BCUT2D eigenvalue weighted by atomic mass is 19.1. The second kappa shape index (κ2) is 25.5. The third kappa shape index (κ3) is 13.6. The molecule has 4 aromatic carbocycles. The lowest BCUT2D eigenvalue weighted by Gasteiger charge is -2.29. The Balaban J connectivity index is 0.874. The van der Waals surface area contributed by atoms with Crippen LogP contribution in [0.15, 0.2) is 103 Å². The van der Waals surface area contributed by atoms with E-state index in [0.29, 0.717) is 95.2 Å². The maximum Gasteiger partial charge on any atom is 0.305 e. The lowest BCUT2D eigenvalue weighted by atomic mass is 9.94. The first-order chi connectivity index (χ1) is 36.7. The average Bonchev–Trinajstić information content (AvgIpc) is 4.23. The Morgan fingerprint density at radius 2 is 1.70 bits per heavy atom. The van der Waals surface area contributed by atoms with E-state index < -0.39 is 42.4 Å². The Labute approximate surface area is 440 Å². The number of piperidine rings is 1. The van der Waals surface area contributed by atoms with Crippen LogP contribution in [0.1, 0.15) is 114 Å². The molecule has 0 saturated carbocycles. The second-order valence-electron chi connectivity index (χ2n) is 19.3. The van der Waals surface area contributed by atoms with Gasteiger partial charge >= 0.3 is 5.97 Å². The van der Waals surface area contributed by atoms with Gasteiger partial charge < -0.3 is 39.6 Å². The lowest BCUT2D eigenvalue weighted by molar-refractivity contribution is -0.140. The first-order valence-corrected chi connectivity index (χ1v) is 25.7. The summed E-state index contributed by atoms with van der Waals surface area (Å²) in [6.07, 6.45) is 2.42. The van der Waals surface area contributed by atoms with Crippen LogP contribution in [0.3, 0.4) is 0 Å². The van der Waals surface area contributed by atoms with Crippen LogP contribution in [0.2, 0.25) is 0 Å². The van der Waals surface area contributed by atoms with Crippen molar-refractivity contribution in [2.24, 2.45) is 0 Å². The molecule has 5 N–H and O–H groups in total. The molecule has 8 rings (SSSR count). The van der Waals surface area contributed by atoms with Crippen LogP contribution < -0.4 is 15.4 Å². The molecule has 76 heavy (non-hydrogen) atoms. The number of aliphatic hydroxyl groups excluding tert-OH is 2. The number of aliphatic carboxylic acids is 1. The van der Waals surface area contributed by atoms with E-state index in [-0.39, 0.29) is 62.6 Å². The predicted molar refractivity (Wildman–Crippen MR) is 281 cm³/mol. The Hall–Kier alpha value is -7.98. The monoisotopic (exact) mass is 1040 g/mol. The predicted octanol–water partition coefficient (Wildman–Crippen LogP) is 7.53. The number of imide groups is 1. The number of hydrogen-bond acceptors (Lipinski definition) is 11. The van der Waals surface area contributed by atoms with Gasteiger partial charge in [-0.25, -0.2) is 4.39 Å². The van der Waals surface area contributed by atoms with Gasteiger partial charge in [0.2, 0.25) is 11.8 Å². The van der Waals surface area contributed by atoms with Gasteiger partial charge in [-0.1, -0.05) is 67.3 Å². The maximum atomic E-state index is 14.7. The van der Waals surface area contributed by atoms with Crippen molar-refractivity contribution in [1.29, 1.82) is 0 Å². The first kappa shape index (κ1) is 54.3. The molecule has 1 fully saturated rings. The number of fused-ring (bicyclic) bond motifs is 1. The Bertz CT molecular complexity index is 3110. The van der Waals surface area contributed by atoms with Gasteiger partial charge in [0.25, 0.3) is 11.8 Å². The van der Waals surface area contributed by atoms with Crippen LogP contribution in [0.5, 0.6) is 5.75 Å². The number of carboxylic acids is 1. The zero-order valence-electron chi connectivity index (χ0n) is 42.5. The van der Waals surface area contributed by atoms with Gasteiger partial charge in [0.05, 0.1) is 42.2 Å². The minimum absolute atomic E-state index is 0.129. The fourth-order valence-corrected chi connectivity index (χ4v) is 9.78. The fraction of sp³-hybridized carbons (Fsp3) is 0.362. The molecule has 3 atom stereocenters. The van der Waals surface area contributed by atoms with E-state index in [2.05, 4.69) is 32.8 Å². The standard InChI is InChI=1S/C58H62FN7O10/c1-37(2)54-53(57(73)60-42-15-4-3-5-16-42)52(55(39-20-22-41(59)23-21-39)65(54)28-26-44(67)33-45(68)34-51(70)71)40-13-8-18-46(32-40)76-31-11-17-43-35-64(63-62-43)27-6-7-29-75-30-10-14-38-12-9-19-47-48(38)36-66(58(47)74)49-24-25-50(69)61-56(49)72/h3-5,8-9,12-13,15-16,18-23,32,35,37,44-45,49,67-68H,6-7,11,17,24-31,33-34,36H2,1-2H3,(H,60,73)(H,70,71)(H,61,69,72)/t44-,45-,49?/m1/s1. The summed E-state index contributed by atoms with van der Waals surface area (Å²) in [4.78, 5) is 64.6. The summed E-state index contributed by atoms with van der Waals surface area (Å²) in [5.74, 6) is 3.51. The zero-order valence-corrected chi connectivity index (χ0v) is 42.5. The number of unbranched alkanes of at least 4 members (excludes halogenated alkanes) is 1. The van der Waals surface area contributed by atoms with Gasteiger partial charge in [0.1, 0.15) is 24.2 Å². The number of rotatable bonds is 24. The Morgan fingerprint density at radius 1 is 0.908 bits per heavy atom. The minimum Gasteiger partial charge on any atom is -0.494 e. The van der Waals surface area contributed by atoms with Crippen LogP contribution in [0.4, 0.5) is 10.1 Å². The summed E-state index contributed by atoms with van der Waals surface area (Å²) in [5, 5.41) is 44.6. The molecule has 2 aliphatic rings. The number of halogens is 1. The van der Waals surface area contributed by atoms with Crippen LogP contribution in [0.25, 0.3) is 22.4 Å². The number of aromatic nitrogens is 4. The van der Waals surface area contributed by atoms with Crippen molar-refractivity contribution in [3.63, 3.8) is 0 Å². The fourth-order valence-electron chi connectivity index (χ4n) is 9.78. The van der Waals surface area contributed by atoms with Crippen molar-refractivity contribution in [3.8, 4) is 40.0 Å². The van der Waals surface area contributed by atoms with E-state index in [1.54, 1.807) is 41.1 Å². The molecule has 17 nitrogen and oxygen atoms in total. The van der Waals surface area contributed by atoms with Crippen molar-refractivity contribution in [2.45, 2.75) is 115 Å². The van der Waals surface area contributed by atoms with Crippen molar-refractivity contribution in [3.05, 3.63) is 143 Å². The number of aryl methyl sites for hydroxylation is 2. The number of para-hydroxylation sites is 1. The van der Waals surface area contributed by atoms with Crippen LogP contribution in [0, 0.1) is 17.7 Å². The van der Waals surface area contributed by atoms with Crippen LogP contribution >= 0.6 is 0 Å². The van der Waals surface area contributed by atoms with E-state index >= 15 is 0 Å². The maximum absolute atomic E-state index is 14.7. The third-order valence-electron chi connectivity index (χ3n) is 13.3. The summed E-state index contributed by atoms with van der Waals surface area (Å²) in [6, 6.07) is 27.2. The highest BCUT2D eigenvalue weighted by Crippen LogP contribution is 2.44. The summed E-state index contributed by atoms with van der Waals surface area (Å²) in [6.45, 7) is 6.11. The number of benzene rings is 4. The zero-order chi connectivity index (χ0) is 53.7. The van der Waals surface area contributed by atoms with E-state index in [9.17, 15) is 43.7 Å². The van der Waals surface area contributed by atoms with Gasteiger partial charge in [-0.2, -0.15) is 0 Å². The third-order valence-corrected chi connectivity index (χ3v) is 13.3. The van der Waals surface area contributed by atoms with Crippen molar-refractivity contribution >= 4 is 35.3 Å². The van der Waals surface area contributed by atoms with E-state index in [0.717, 1.165) is 24.1 Å². The molecule has 396 valence electrons. The molecular weight excluding hydrogens is 974 g/mol. The normalized spacial score (nSPS) is 15.0. The number of aliphatic hydroxyl groups is 2. The minimum atomic E-state index is -1.24. The van der Waals surface area contributed by atoms with Crippen LogP contribution in [-0.4, -0.2) is 107 Å². The number of nitrogens with one attached hydrogen (secondary N) is 2. The topological polar surface area (TPSA) is 227 Å². The number of carbonyl (C=O) groups is 5. The van der Waals surface area contributed by atoms with E-state index in [1.807, 2.05) is 73.1 Å². The van der Waals surface area contributed by atoms with Crippen molar-refractivity contribution in [1.82, 2.24) is 29.8 Å². The van der Waals surface area contributed by atoms with Gasteiger partial charge in [-0.05, 0) is 128 Å². The molecule has 0 bridgehead atoms. The quantitative estimate of drug-likeness (QED) is 0.0225. The van der Waals surface area contributed by atoms with Gasteiger partial charge in [-0.3, -0.25) is 34.0 Å². The summed E-state index contributed by atoms with van der Waals surface area (Å²) in [7, 11) is 0. The number of amides is 4. The number of ether oxygens (including phenoxy) is 2. The number of carbonyl (C=O) groups excluding carboxylic acids is 4. The van der Waals surface area contributed by atoms with E-state index in [4.69, 9.17) is 9.47 Å². The molecule has 6 aromatic rings. The number of nitrogens with zero attached hydrogens (tertiary/aromatic N) is 5. The second-order valence-corrected chi connectivity index (χ2v) is 19.3. The lowest BCUT2D eigenvalue weighted by Crippen LogP contribution is -2.52. The van der Waals surface area contributed by atoms with Gasteiger partial charge in [-0.15, -0.1) is 5.10 Å². The molecule has 0 radical (unpaired) electrons. The van der Waals surface area contributed by atoms with Crippen molar-refractivity contribution < 1.29 is 53.2 Å². The molecule has 0 spiro atoms. The first-order valence-electron chi connectivity index (χ1n) is 25.7. The number of hydrogen-bond donors (Lipinski definition) is 5. The molecule has 1 unspecified atom stereocenters. The van der Waals surface area contributed by atoms with Crippen molar-refractivity contribution in [2.75, 3.05) is 25.1 Å². The molecule has 2 aliphatic heterocycles. The largest absolute Gasteiger partial charge is 0.494 e. The smallest absolute Gasteiger partial charge is 0.305 e. The summed E-state index contributed by atoms with van der Waals surface area (Å²) >= 11 is 0. The molecule has 4 heterocycles. The molecular formula is C58H62FN7O10. The Kier molecular flexibility index (Phi) is 18.2. The molecule has 1 saturated heterocycles.